The first kappa shape index (κ1) is 17.3. The van der Waals surface area contributed by atoms with Gasteiger partial charge in [0.05, 0.1) is 4.90 Å². The molecule has 22 heavy (non-hydrogen) atoms. The van der Waals surface area contributed by atoms with E-state index in [4.69, 9.17) is 9.47 Å². The predicted molar refractivity (Wildman–Crippen MR) is 75.3 cm³/mol. The molecule has 2 unspecified atom stereocenters. The molecule has 1 saturated heterocycles. The molecule has 1 heterocycles. The molecule has 1 aromatic carbocycles. The molecule has 124 valence electrons. The van der Waals surface area contributed by atoms with E-state index in [1.807, 2.05) is 0 Å². The van der Waals surface area contributed by atoms with Gasteiger partial charge >= 0.3 is 0 Å². The summed E-state index contributed by atoms with van der Waals surface area (Å²) in [6, 6.07) is 7.71. The molecule has 0 saturated carbocycles. The van der Waals surface area contributed by atoms with Gasteiger partial charge in [-0.1, -0.05) is 18.2 Å². The Balaban J connectivity index is 2.04. The Morgan fingerprint density at radius 1 is 1.14 bits per heavy atom. The summed E-state index contributed by atoms with van der Waals surface area (Å²) in [4.78, 5) is 0.0733. The first-order valence-electron chi connectivity index (χ1n) is 6.64. The second-order valence-corrected chi connectivity index (χ2v) is 6.68. The molecule has 0 bridgehead atoms. The molecule has 1 fully saturated rings. The normalized spacial score (nSPS) is 32.8. The van der Waals surface area contributed by atoms with E-state index in [0.29, 0.717) is 0 Å². The van der Waals surface area contributed by atoms with Crippen molar-refractivity contribution in [1.82, 2.24) is 4.72 Å². The van der Waals surface area contributed by atoms with Crippen molar-refractivity contribution < 1.29 is 33.2 Å². The highest BCUT2D eigenvalue weighted by Gasteiger charge is 2.44. The minimum absolute atomic E-state index is 0.0733. The van der Waals surface area contributed by atoms with Crippen LogP contribution in [0.2, 0.25) is 0 Å². The molecule has 0 spiro atoms. The summed E-state index contributed by atoms with van der Waals surface area (Å²) in [6.45, 7) is -0.276. The van der Waals surface area contributed by atoms with Crippen molar-refractivity contribution in [3.05, 3.63) is 30.3 Å². The van der Waals surface area contributed by atoms with Gasteiger partial charge in [0.25, 0.3) is 0 Å². The maximum atomic E-state index is 12.1. The van der Waals surface area contributed by atoms with Gasteiger partial charge in [-0.05, 0) is 12.1 Å². The van der Waals surface area contributed by atoms with E-state index in [0.717, 1.165) is 0 Å². The molecule has 0 radical (unpaired) electrons. The number of hydrogen-bond donors (Lipinski definition) is 4. The molecule has 4 N–H and O–H groups in total. The average molecular weight is 333 g/mol. The van der Waals surface area contributed by atoms with E-state index >= 15 is 0 Å². The van der Waals surface area contributed by atoms with Crippen LogP contribution in [-0.4, -0.2) is 68.1 Å². The summed E-state index contributed by atoms with van der Waals surface area (Å²) in [5.41, 5.74) is 0. The zero-order valence-electron chi connectivity index (χ0n) is 11.9. The van der Waals surface area contributed by atoms with Gasteiger partial charge in [-0.15, -0.1) is 0 Å². The Morgan fingerprint density at radius 3 is 2.36 bits per heavy atom. The van der Waals surface area contributed by atoms with E-state index in [-0.39, 0.29) is 11.4 Å². The lowest BCUT2D eigenvalue weighted by Crippen LogP contribution is -2.60. The molecular weight excluding hydrogens is 314 g/mol. The molecule has 1 aromatic rings. The Bertz CT molecular complexity index is 577. The van der Waals surface area contributed by atoms with Crippen LogP contribution in [0.5, 0.6) is 0 Å². The van der Waals surface area contributed by atoms with E-state index < -0.39 is 40.7 Å². The Morgan fingerprint density at radius 2 is 1.77 bits per heavy atom. The average Bonchev–Trinajstić information content (AvgIpc) is 2.53. The minimum Gasteiger partial charge on any atom is -0.388 e. The van der Waals surface area contributed by atoms with Crippen molar-refractivity contribution in [3.63, 3.8) is 0 Å². The summed E-state index contributed by atoms with van der Waals surface area (Å²) < 4.78 is 36.6. The molecule has 9 heteroatoms. The highest BCUT2D eigenvalue weighted by atomic mass is 32.2. The third-order valence-corrected chi connectivity index (χ3v) is 4.87. The van der Waals surface area contributed by atoms with Gasteiger partial charge in [-0.3, -0.25) is 0 Å². The number of nitrogens with one attached hydrogen (secondary N) is 1. The predicted octanol–water partition coefficient (Wildman–Crippen LogP) is -1.58. The first-order valence-corrected chi connectivity index (χ1v) is 8.12. The molecule has 0 aliphatic carbocycles. The number of aliphatic hydroxyl groups is 3. The quantitative estimate of drug-likeness (QED) is 0.512. The highest BCUT2D eigenvalue weighted by molar-refractivity contribution is 7.89. The van der Waals surface area contributed by atoms with Crippen LogP contribution < -0.4 is 4.72 Å². The van der Waals surface area contributed by atoms with Gasteiger partial charge < -0.3 is 24.8 Å². The summed E-state index contributed by atoms with van der Waals surface area (Å²) in [5, 5.41) is 29.2. The molecule has 1 aliphatic heterocycles. The lowest BCUT2D eigenvalue weighted by molar-refractivity contribution is -0.287. The van der Waals surface area contributed by atoms with Crippen molar-refractivity contribution in [2.75, 3.05) is 13.7 Å². The maximum Gasteiger partial charge on any atom is 0.240 e. The van der Waals surface area contributed by atoms with Crippen LogP contribution in [0.1, 0.15) is 0 Å². The van der Waals surface area contributed by atoms with Crippen LogP contribution in [0.4, 0.5) is 0 Å². The van der Waals surface area contributed by atoms with Crippen LogP contribution in [0.25, 0.3) is 0 Å². The number of sulfonamides is 1. The summed E-state index contributed by atoms with van der Waals surface area (Å²) in [5.74, 6) is 0. The highest BCUT2D eigenvalue weighted by Crippen LogP contribution is 2.21. The van der Waals surface area contributed by atoms with Gasteiger partial charge in [-0.2, -0.15) is 0 Å². The van der Waals surface area contributed by atoms with E-state index in [2.05, 4.69) is 4.72 Å². The van der Waals surface area contributed by atoms with Crippen molar-refractivity contribution in [1.29, 1.82) is 0 Å². The van der Waals surface area contributed by atoms with Crippen molar-refractivity contribution in [2.24, 2.45) is 0 Å². The van der Waals surface area contributed by atoms with Gasteiger partial charge in [-0.25, -0.2) is 13.1 Å². The van der Waals surface area contributed by atoms with Gasteiger partial charge in [0.2, 0.25) is 10.0 Å². The van der Waals surface area contributed by atoms with Crippen LogP contribution >= 0.6 is 0 Å². The van der Waals surface area contributed by atoms with Crippen LogP contribution in [0, 0.1) is 0 Å². The fourth-order valence-electron chi connectivity index (χ4n) is 2.15. The number of rotatable bonds is 5. The number of methoxy groups -OCH3 is 1. The standard InChI is InChI=1S/C13H19NO7S/c1-20-13-12(17)11(16)10(15)9(21-13)7-14-22(18,19)8-5-3-2-4-6-8/h2-6,9-17H,7H2,1H3/t9?,10-,11+,12-,13?/m0/s1. The van der Waals surface area contributed by atoms with E-state index in [1.165, 1.54) is 19.2 Å². The Hall–Kier alpha value is -1.07. The van der Waals surface area contributed by atoms with Gasteiger partial charge in [0.1, 0.15) is 24.4 Å². The molecule has 0 aromatic heterocycles. The summed E-state index contributed by atoms with van der Waals surface area (Å²) >= 11 is 0. The number of benzene rings is 1. The molecule has 8 nitrogen and oxygen atoms in total. The largest absolute Gasteiger partial charge is 0.388 e. The van der Waals surface area contributed by atoms with Gasteiger partial charge in [0, 0.05) is 13.7 Å². The maximum absolute atomic E-state index is 12.1. The second kappa shape index (κ2) is 7.01. The first-order chi connectivity index (χ1) is 10.4. The third-order valence-electron chi connectivity index (χ3n) is 3.43. The SMILES string of the molecule is COC1OC(CNS(=O)(=O)c2ccccc2)[C@H](O)[C@@H](O)[C@@H]1O. The van der Waals surface area contributed by atoms with Crippen LogP contribution in [-0.2, 0) is 19.5 Å². The molecule has 0 amide bonds. The topological polar surface area (TPSA) is 125 Å². The number of aliphatic hydroxyl groups excluding tert-OH is 3. The molecule has 2 rings (SSSR count). The second-order valence-electron chi connectivity index (χ2n) is 4.92. The number of ether oxygens (including phenoxy) is 2. The summed E-state index contributed by atoms with van der Waals surface area (Å²) in [6.07, 6.45) is -6.56. The third kappa shape index (κ3) is 3.63. The molecular formula is C13H19NO7S. The van der Waals surface area contributed by atoms with Gasteiger partial charge in [0.15, 0.2) is 6.29 Å². The molecule has 1 aliphatic rings. The lowest BCUT2D eigenvalue weighted by atomic mass is 9.99. The minimum atomic E-state index is -3.76. The Kier molecular flexibility index (Phi) is 5.50. The van der Waals surface area contributed by atoms with Crippen LogP contribution in [0.3, 0.4) is 0 Å². The summed E-state index contributed by atoms with van der Waals surface area (Å²) in [7, 11) is -2.50. The lowest BCUT2D eigenvalue weighted by Gasteiger charge is -2.39. The smallest absolute Gasteiger partial charge is 0.240 e. The van der Waals surface area contributed by atoms with Crippen LogP contribution in [0.15, 0.2) is 35.2 Å². The van der Waals surface area contributed by atoms with Crippen molar-refractivity contribution >= 4 is 10.0 Å². The van der Waals surface area contributed by atoms with E-state index in [1.54, 1.807) is 18.2 Å². The van der Waals surface area contributed by atoms with Crippen molar-refractivity contribution in [2.45, 2.75) is 35.6 Å². The Labute approximate surface area is 128 Å². The monoisotopic (exact) mass is 333 g/mol. The molecule has 5 atom stereocenters. The van der Waals surface area contributed by atoms with E-state index in [9.17, 15) is 23.7 Å². The fraction of sp³-hybridized carbons (Fsp3) is 0.538. The zero-order valence-corrected chi connectivity index (χ0v) is 12.7. The van der Waals surface area contributed by atoms with Crippen molar-refractivity contribution in [3.8, 4) is 0 Å². The zero-order chi connectivity index (χ0) is 16.3. The fourth-order valence-corrected chi connectivity index (χ4v) is 3.22. The number of hydrogen-bond acceptors (Lipinski definition) is 7.